The molecular formula is C21H27NO5S. The summed E-state index contributed by atoms with van der Waals surface area (Å²) in [5, 5.41) is 9.32. The van der Waals surface area contributed by atoms with E-state index >= 15 is 0 Å². The fourth-order valence-corrected chi connectivity index (χ4v) is 4.15. The number of anilines is 1. The van der Waals surface area contributed by atoms with Gasteiger partial charge in [-0.25, -0.2) is 13.2 Å². The van der Waals surface area contributed by atoms with Gasteiger partial charge in [0.15, 0.2) is 0 Å². The quantitative estimate of drug-likeness (QED) is 0.585. The molecule has 2 rings (SSSR count). The lowest BCUT2D eigenvalue weighted by Crippen LogP contribution is -2.17. The van der Waals surface area contributed by atoms with Crippen molar-refractivity contribution in [1.82, 2.24) is 0 Å². The number of carboxylic acid groups (broad SMARTS) is 1. The Labute approximate surface area is 166 Å². The summed E-state index contributed by atoms with van der Waals surface area (Å²) in [5.41, 5.74) is 1.75. The van der Waals surface area contributed by atoms with Crippen LogP contribution in [0.3, 0.4) is 0 Å². The fraction of sp³-hybridized carbons (Fsp3) is 0.381. The zero-order valence-electron chi connectivity index (χ0n) is 16.7. The second kappa shape index (κ2) is 9.10. The van der Waals surface area contributed by atoms with Crippen LogP contribution in [0.15, 0.2) is 41.3 Å². The first-order chi connectivity index (χ1) is 13.2. The van der Waals surface area contributed by atoms with Crippen LogP contribution >= 0.6 is 0 Å². The minimum atomic E-state index is -4.05. The van der Waals surface area contributed by atoms with E-state index in [0.717, 1.165) is 24.0 Å². The van der Waals surface area contributed by atoms with Crippen LogP contribution in [0.2, 0.25) is 0 Å². The predicted octanol–water partition coefficient (Wildman–Crippen LogP) is 4.80. The summed E-state index contributed by atoms with van der Waals surface area (Å²) in [4.78, 5) is 11.4. The van der Waals surface area contributed by atoms with Gasteiger partial charge in [0.1, 0.15) is 10.6 Å². The number of aryl methyl sites for hydroxylation is 1. The van der Waals surface area contributed by atoms with Gasteiger partial charge in [-0.1, -0.05) is 39.3 Å². The van der Waals surface area contributed by atoms with Gasteiger partial charge < -0.3 is 9.84 Å². The highest BCUT2D eigenvalue weighted by Crippen LogP contribution is 2.33. The van der Waals surface area contributed by atoms with E-state index in [1.54, 1.807) is 24.3 Å². The molecule has 0 bridgehead atoms. The van der Waals surface area contributed by atoms with Gasteiger partial charge in [0.2, 0.25) is 0 Å². The Balaban J connectivity index is 2.53. The Kier molecular flexibility index (Phi) is 7.07. The lowest BCUT2D eigenvalue weighted by Gasteiger charge is -2.18. The minimum Gasteiger partial charge on any atom is -0.492 e. The molecular weight excluding hydrogens is 378 g/mol. The van der Waals surface area contributed by atoms with E-state index in [1.165, 1.54) is 12.1 Å². The number of rotatable bonds is 9. The van der Waals surface area contributed by atoms with Gasteiger partial charge in [0, 0.05) is 0 Å². The fourth-order valence-electron chi connectivity index (χ4n) is 2.91. The highest BCUT2D eigenvalue weighted by atomic mass is 32.2. The lowest BCUT2D eigenvalue weighted by atomic mass is 9.98. The number of sulfonamides is 1. The zero-order chi connectivity index (χ0) is 20.9. The second-order valence-corrected chi connectivity index (χ2v) is 8.62. The van der Waals surface area contributed by atoms with Gasteiger partial charge in [-0.15, -0.1) is 0 Å². The number of carboxylic acids is 1. The molecule has 2 aromatic carbocycles. The van der Waals surface area contributed by atoms with Crippen molar-refractivity contribution in [2.24, 2.45) is 0 Å². The molecule has 0 amide bonds. The Hall–Kier alpha value is -2.54. The van der Waals surface area contributed by atoms with E-state index < -0.39 is 16.0 Å². The first-order valence-corrected chi connectivity index (χ1v) is 10.8. The summed E-state index contributed by atoms with van der Waals surface area (Å²) in [6.45, 7) is 8.34. The second-order valence-electron chi connectivity index (χ2n) is 6.97. The third-order valence-electron chi connectivity index (χ3n) is 4.40. The highest BCUT2D eigenvalue weighted by Gasteiger charge is 2.24. The van der Waals surface area contributed by atoms with Crippen LogP contribution in [0.5, 0.6) is 5.75 Å². The molecule has 2 N–H and O–H groups in total. The number of hydrogen-bond donors (Lipinski definition) is 2. The maximum absolute atomic E-state index is 13.1. The van der Waals surface area contributed by atoms with Crippen LogP contribution in [-0.4, -0.2) is 26.1 Å². The van der Waals surface area contributed by atoms with Gasteiger partial charge in [0.25, 0.3) is 10.0 Å². The van der Waals surface area contributed by atoms with Crippen LogP contribution in [0.25, 0.3) is 0 Å². The molecule has 0 atom stereocenters. The topological polar surface area (TPSA) is 92.7 Å². The van der Waals surface area contributed by atoms with Crippen molar-refractivity contribution in [2.45, 2.75) is 51.3 Å². The van der Waals surface area contributed by atoms with Gasteiger partial charge in [-0.2, -0.15) is 0 Å². The number of unbranched alkanes of at least 4 members (excludes halogenated alkanes) is 1. The van der Waals surface area contributed by atoms with Crippen molar-refractivity contribution < 1.29 is 23.1 Å². The monoisotopic (exact) mass is 405 g/mol. The molecule has 0 aliphatic heterocycles. The molecule has 6 nitrogen and oxygen atoms in total. The molecule has 28 heavy (non-hydrogen) atoms. The molecule has 0 saturated heterocycles. The standard InChI is InChI=1S/C21H27NO5S/c1-5-6-11-27-19-12-15(4)17(14(2)3)13-20(19)28(25,26)22-18-10-8-7-9-16(18)21(23)24/h7-10,12-14,22H,5-6,11H2,1-4H3,(H,23,24). The first-order valence-electron chi connectivity index (χ1n) is 9.29. The lowest BCUT2D eigenvalue weighted by molar-refractivity contribution is 0.0698. The van der Waals surface area contributed by atoms with Crippen LogP contribution in [-0.2, 0) is 10.0 Å². The van der Waals surface area contributed by atoms with E-state index in [2.05, 4.69) is 4.72 Å². The van der Waals surface area contributed by atoms with Crippen molar-refractivity contribution in [2.75, 3.05) is 11.3 Å². The maximum atomic E-state index is 13.1. The van der Waals surface area contributed by atoms with Gasteiger partial charge >= 0.3 is 5.97 Å². The number of para-hydroxylation sites is 1. The molecule has 0 spiro atoms. The Morgan fingerprint density at radius 1 is 1.21 bits per heavy atom. The van der Waals surface area contributed by atoms with Crippen LogP contribution in [0, 0.1) is 6.92 Å². The van der Waals surface area contributed by atoms with E-state index in [9.17, 15) is 18.3 Å². The molecule has 0 radical (unpaired) electrons. The zero-order valence-corrected chi connectivity index (χ0v) is 17.5. The molecule has 0 heterocycles. The number of aromatic carboxylic acids is 1. The molecule has 2 aromatic rings. The smallest absolute Gasteiger partial charge is 0.337 e. The van der Waals surface area contributed by atoms with Crippen molar-refractivity contribution in [3.05, 3.63) is 53.1 Å². The number of benzene rings is 2. The number of hydrogen-bond acceptors (Lipinski definition) is 4. The summed E-state index contributed by atoms with van der Waals surface area (Å²) >= 11 is 0. The Morgan fingerprint density at radius 3 is 2.50 bits per heavy atom. The Morgan fingerprint density at radius 2 is 1.89 bits per heavy atom. The first kappa shape index (κ1) is 21.8. The van der Waals surface area contributed by atoms with Crippen LogP contribution < -0.4 is 9.46 Å². The summed E-state index contributed by atoms with van der Waals surface area (Å²) in [7, 11) is -4.05. The summed E-state index contributed by atoms with van der Waals surface area (Å²) in [6.07, 6.45) is 1.73. The van der Waals surface area contributed by atoms with Gasteiger partial charge in [0.05, 0.1) is 17.9 Å². The van der Waals surface area contributed by atoms with Crippen LogP contribution in [0.1, 0.15) is 61.0 Å². The molecule has 0 unspecified atom stereocenters. The van der Waals surface area contributed by atoms with Crippen LogP contribution in [0.4, 0.5) is 5.69 Å². The van der Waals surface area contributed by atoms with E-state index in [4.69, 9.17) is 4.74 Å². The van der Waals surface area contributed by atoms with Crippen molar-refractivity contribution in [3.8, 4) is 5.75 Å². The van der Waals surface area contributed by atoms with Gasteiger partial charge in [-0.05, 0) is 54.7 Å². The van der Waals surface area contributed by atoms with E-state index in [0.29, 0.717) is 6.61 Å². The maximum Gasteiger partial charge on any atom is 0.337 e. The number of carbonyl (C=O) groups is 1. The van der Waals surface area contributed by atoms with Crippen molar-refractivity contribution in [3.63, 3.8) is 0 Å². The third-order valence-corrected chi connectivity index (χ3v) is 5.79. The molecule has 0 aliphatic carbocycles. The molecule has 0 aromatic heterocycles. The molecule has 0 saturated carbocycles. The van der Waals surface area contributed by atoms with Gasteiger partial charge in [-0.3, -0.25) is 4.72 Å². The summed E-state index contributed by atoms with van der Waals surface area (Å²) < 4.78 is 34.4. The molecule has 152 valence electrons. The molecule has 0 aliphatic rings. The minimum absolute atomic E-state index is 0.0121. The molecule has 0 fully saturated rings. The number of nitrogens with one attached hydrogen (secondary N) is 1. The Bertz CT molecular complexity index is 951. The average molecular weight is 406 g/mol. The predicted molar refractivity (Wildman–Crippen MR) is 110 cm³/mol. The summed E-state index contributed by atoms with van der Waals surface area (Å²) in [6, 6.07) is 9.26. The van der Waals surface area contributed by atoms with E-state index in [1.807, 2.05) is 27.7 Å². The van der Waals surface area contributed by atoms with Crippen molar-refractivity contribution >= 4 is 21.7 Å². The largest absolute Gasteiger partial charge is 0.492 e. The van der Waals surface area contributed by atoms with E-state index in [-0.39, 0.29) is 27.8 Å². The summed E-state index contributed by atoms with van der Waals surface area (Å²) in [5.74, 6) is -0.801. The van der Waals surface area contributed by atoms with Crippen molar-refractivity contribution in [1.29, 1.82) is 0 Å². The molecule has 7 heteroatoms. The highest BCUT2D eigenvalue weighted by molar-refractivity contribution is 7.92. The SMILES string of the molecule is CCCCOc1cc(C)c(C(C)C)cc1S(=O)(=O)Nc1ccccc1C(=O)O. The number of ether oxygens (including phenoxy) is 1. The third kappa shape index (κ3) is 5.04. The normalized spacial score (nSPS) is 11.5. The average Bonchev–Trinajstić information content (AvgIpc) is 2.61.